The second kappa shape index (κ2) is 14.2. The molecule has 0 unspecified atom stereocenters. The average Bonchev–Trinajstić information content (AvgIpc) is 3.85. The first-order chi connectivity index (χ1) is 31.4. The molecule has 2 aliphatic heterocycles. The Morgan fingerprint density at radius 3 is 1.86 bits per heavy atom. The Morgan fingerprint density at radius 1 is 0.530 bits per heavy atom. The highest BCUT2D eigenvalue weighted by molar-refractivity contribution is 7.34. The third kappa shape index (κ3) is 6.18. The number of anilines is 6. The van der Waals surface area contributed by atoms with Crippen LogP contribution in [0.1, 0.15) is 110 Å². The van der Waals surface area contributed by atoms with Gasteiger partial charge in [0.05, 0.1) is 21.8 Å². The van der Waals surface area contributed by atoms with Crippen molar-refractivity contribution in [3.8, 4) is 11.1 Å². The maximum absolute atomic E-state index is 2.69. The van der Waals surface area contributed by atoms with Crippen molar-refractivity contribution in [2.45, 2.75) is 111 Å². The molecule has 0 saturated carbocycles. The van der Waals surface area contributed by atoms with E-state index in [0.717, 1.165) is 0 Å². The molecule has 328 valence electrons. The van der Waals surface area contributed by atoms with E-state index in [1.165, 1.54) is 132 Å². The summed E-state index contributed by atoms with van der Waals surface area (Å²) in [6, 6.07) is 52.1. The van der Waals surface area contributed by atoms with Crippen LogP contribution < -0.4 is 25.5 Å². The predicted octanol–water partition coefficient (Wildman–Crippen LogP) is 16.3. The van der Waals surface area contributed by atoms with Crippen molar-refractivity contribution in [3.05, 3.63) is 161 Å². The number of hydrogen-bond acceptors (Lipinski definition) is 4. The molecule has 0 bridgehead atoms. The zero-order valence-corrected chi connectivity index (χ0v) is 42.0. The highest BCUT2D eigenvalue weighted by Crippen LogP contribution is 2.55. The maximum Gasteiger partial charge on any atom is 0.264 e. The SMILES string of the molecule is Cc1cc2c3c(c1)N(c1ccc(C(C)(C)C)cc1-c1ccccc1)c1c(ccc4c1sc1ccccc14)B3c1sc3cc4c(cc3c1N2c1ccc(C(C)(C)C)cc1)C(C)(C)CCC4(C)C. The molecule has 0 atom stereocenters. The zero-order chi connectivity index (χ0) is 45.8. The monoisotopic (exact) mass is 894 g/mol. The molecule has 0 radical (unpaired) electrons. The molecule has 5 heteroatoms. The molecule has 1 aliphatic carbocycles. The van der Waals surface area contributed by atoms with Crippen LogP contribution in [-0.4, -0.2) is 6.71 Å². The highest BCUT2D eigenvalue weighted by atomic mass is 32.1. The number of nitrogens with zero attached hydrogens (tertiary/aromatic N) is 2. The van der Waals surface area contributed by atoms with Crippen LogP contribution in [0.2, 0.25) is 0 Å². The van der Waals surface area contributed by atoms with Crippen LogP contribution in [-0.2, 0) is 21.7 Å². The summed E-state index contributed by atoms with van der Waals surface area (Å²) in [4.78, 5) is 5.35. The Morgan fingerprint density at radius 2 is 1.17 bits per heavy atom. The first-order valence-corrected chi connectivity index (χ1v) is 25.6. The van der Waals surface area contributed by atoms with Crippen molar-refractivity contribution in [2.75, 3.05) is 9.80 Å². The van der Waals surface area contributed by atoms with Crippen molar-refractivity contribution < 1.29 is 0 Å². The number of hydrogen-bond donors (Lipinski definition) is 0. The smallest absolute Gasteiger partial charge is 0.264 e. The normalized spacial score (nSPS) is 16.1. The Labute approximate surface area is 400 Å². The fourth-order valence-electron chi connectivity index (χ4n) is 11.6. The molecule has 2 nitrogen and oxygen atoms in total. The maximum atomic E-state index is 2.69. The van der Waals surface area contributed by atoms with Gasteiger partial charge in [-0.3, -0.25) is 0 Å². The molecule has 66 heavy (non-hydrogen) atoms. The topological polar surface area (TPSA) is 6.48 Å². The van der Waals surface area contributed by atoms with E-state index >= 15 is 0 Å². The van der Waals surface area contributed by atoms with Crippen LogP contribution in [0, 0.1) is 6.92 Å². The van der Waals surface area contributed by atoms with Gasteiger partial charge in [-0.1, -0.05) is 148 Å². The first kappa shape index (κ1) is 41.8. The van der Waals surface area contributed by atoms with E-state index in [1.807, 2.05) is 22.7 Å². The molecule has 3 aliphatic rings. The van der Waals surface area contributed by atoms with Gasteiger partial charge in [0, 0.05) is 53.0 Å². The minimum Gasteiger partial charge on any atom is -0.310 e. The van der Waals surface area contributed by atoms with Crippen molar-refractivity contribution in [2.24, 2.45) is 0 Å². The van der Waals surface area contributed by atoms with Crippen LogP contribution >= 0.6 is 22.7 Å². The van der Waals surface area contributed by atoms with E-state index in [1.54, 1.807) is 0 Å². The molecule has 7 aromatic carbocycles. The molecular formula is C61H59BN2S2. The van der Waals surface area contributed by atoms with Crippen LogP contribution in [0.15, 0.2) is 133 Å². The summed E-state index contributed by atoms with van der Waals surface area (Å²) in [6.45, 7) is 26.2. The quantitative estimate of drug-likeness (QED) is 0.163. The second-order valence-electron chi connectivity index (χ2n) is 22.9. The standard InChI is InChI=1S/C61H59BN2S2/c1-36-31-49-53-50(32-36)64(48-28-23-39(59(5,6)7)33-43(48)37-17-13-12-14-18-37)55-47(27-26-42-41-19-15-16-20-51(41)65-56(42)55)62(53)57-54(63(49)40-24-21-38(22-25-40)58(2,3)4)44-34-45-46(35-52(44)66-57)61(10,11)30-29-60(45,8)9/h12-28,31-35H,29-30H2,1-11H3. The van der Waals surface area contributed by atoms with Gasteiger partial charge in [0.1, 0.15) is 0 Å². The molecule has 0 N–H and O–H groups in total. The van der Waals surface area contributed by atoms with Crippen LogP contribution in [0.25, 0.3) is 41.4 Å². The number of fused-ring (bicyclic) bond motifs is 11. The Hall–Kier alpha value is -5.62. The van der Waals surface area contributed by atoms with Gasteiger partial charge < -0.3 is 9.80 Å². The molecule has 2 aromatic heterocycles. The average molecular weight is 895 g/mol. The van der Waals surface area contributed by atoms with E-state index in [2.05, 4.69) is 219 Å². The Kier molecular flexibility index (Phi) is 8.99. The van der Waals surface area contributed by atoms with Gasteiger partial charge in [-0.2, -0.15) is 0 Å². The highest BCUT2D eigenvalue weighted by Gasteiger charge is 2.47. The minimum atomic E-state index is -0.0154. The summed E-state index contributed by atoms with van der Waals surface area (Å²) in [6.07, 6.45) is 2.38. The lowest BCUT2D eigenvalue weighted by Crippen LogP contribution is -2.60. The predicted molar refractivity (Wildman–Crippen MR) is 292 cm³/mol. The van der Waals surface area contributed by atoms with Crippen molar-refractivity contribution >= 4 is 109 Å². The molecule has 0 amide bonds. The molecule has 9 aromatic rings. The van der Waals surface area contributed by atoms with E-state index in [9.17, 15) is 0 Å². The molecule has 12 rings (SSSR count). The number of benzene rings is 7. The molecule has 0 spiro atoms. The van der Waals surface area contributed by atoms with Gasteiger partial charge in [-0.15, -0.1) is 22.7 Å². The Balaban J connectivity index is 1.23. The first-order valence-electron chi connectivity index (χ1n) is 24.0. The van der Waals surface area contributed by atoms with Gasteiger partial charge in [-0.25, -0.2) is 0 Å². The molecule has 4 heterocycles. The van der Waals surface area contributed by atoms with Crippen LogP contribution in [0.4, 0.5) is 34.1 Å². The van der Waals surface area contributed by atoms with Gasteiger partial charge >= 0.3 is 0 Å². The molecule has 0 saturated heterocycles. The fraction of sp³-hybridized carbons (Fsp3) is 0.279. The van der Waals surface area contributed by atoms with E-state index < -0.39 is 0 Å². The van der Waals surface area contributed by atoms with Gasteiger partial charge in [0.25, 0.3) is 6.71 Å². The molecule has 0 fully saturated rings. The number of thiophene rings is 2. The fourth-order valence-corrected chi connectivity index (χ4v) is 14.2. The van der Waals surface area contributed by atoms with E-state index in [0.29, 0.717) is 0 Å². The second-order valence-corrected chi connectivity index (χ2v) is 25.1. The van der Waals surface area contributed by atoms with Gasteiger partial charge in [-0.05, 0) is 140 Å². The minimum absolute atomic E-state index is 0.0154. The summed E-state index contributed by atoms with van der Waals surface area (Å²) in [7, 11) is 0. The lowest BCUT2D eigenvalue weighted by Gasteiger charge is -2.44. The largest absolute Gasteiger partial charge is 0.310 e. The van der Waals surface area contributed by atoms with E-state index in [-0.39, 0.29) is 28.4 Å². The number of rotatable bonds is 3. The Bertz CT molecular complexity index is 3460. The third-order valence-corrected chi connectivity index (χ3v) is 17.9. The summed E-state index contributed by atoms with van der Waals surface area (Å²) in [5.74, 6) is 0. The van der Waals surface area contributed by atoms with Crippen molar-refractivity contribution in [1.82, 2.24) is 0 Å². The lowest BCUT2D eigenvalue weighted by molar-refractivity contribution is 0.332. The lowest BCUT2D eigenvalue weighted by atomic mass is 9.36. The summed E-state index contributed by atoms with van der Waals surface area (Å²) >= 11 is 3.99. The van der Waals surface area contributed by atoms with Crippen LogP contribution in [0.3, 0.4) is 0 Å². The van der Waals surface area contributed by atoms with Crippen LogP contribution in [0.5, 0.6) is 0 Å². The zero-order valence-electron chi connectivity index (χ0n) is 40.4. The molecular weight excluding hydrogens is 836 g/mol. The van der Waals surface area contributed by atoms with Gasteiger partial charge in [0.15, 0.2) is 0 Å². The van der Waals surface area contributed by atoms with E-state index in [4.69, 9.17) is 0 Å². The van der Waals surface area contributed by atoms with Gasteiger partial charge in [0.2, 0.25) is 0 Å². The summed E-state index contributed by atoms with van der Waals surface area (Å²) in [5.41, 5.74) is 20.1. The van der Waals surface area contributed by atoms with Crippen molar-refractivity contribution in [3.63, 3.8) is 0 Å². The van der Waals surface area contributed by atoms with Crippen molar-refractivity contribution in [1.29, 1.82) is 0 Å². The number of aryl methyl sites for hydroxylation is 1. The third-order valence-electron chi connectivity index (χ3n) is 15.5. The summed E-state index contributed by atoms with van der Waals surface area (Å²) < 4.78 is 5.51. The summed E-state index contributed by atoms with van der Waals surface area (Å²) in [5, 5.41) is 4.03.